The minimum absolute atomic E-state index is 0.190. The van der Waals surface area contributed by atoms with Crippen LogP contribution in [0.5, 0.6) is 0 Å². The highest BCUT2D eigenvalue weighted by molar-refractivity contribution is 5.76. The van der Waals surface area contributed by atoms with Gasteiger partial charge in [0, 0.05) is 36.8 Å². The molecule has 0 aliphatic carbocycles. The monoisotopic (exact) mass is 323 g/mol. The summed E-state index contributed by atoms with van der Waals surface area (Å²) in [6.45, 7) is 4.55. The maximum absolute atomic E-state index is 12.1. The summed E-state index contributed by atoms with van der Waals surface area (Å²) < 4.78 is 5.82. The smallest absolute Gasteiger partial charge is 0.222 e. The predicted molar refractivity (Wildman–Crippen MR) is 90.3 cm³/mol. The van der Waals surface area contributed by atoms with Gasteiger partial charge in [-0.05, 0) is 6.42 Å². The number of ether oxygens (including phenoxy) is 1. The normalized spacial score (nSPS) is 22.6. The molecule has 1 atom stereocenters. The molecule has 124 valence electrons. The Kier molecular flexibility index (Phi) is 3.81. The van der Waals surface area contributed by atoms with Gasteiger partial charge in [0.05, 0.1) is 24.3 Å². The van der Waals surface area contributed by atoms with Gasteiger partial charge in [-0.2, -0.15) is 0 Å². The third-order valence-electron chi connectivity index (χ3n) is 5.04. The van der Waals surface area contributed by atoms with Crippen molar-refractivity contribution in [3.8, 4) is 11.4 Å². The fourth-order valence-electron chi connectivity index (χ4n) is 3.74. The molecule has 1 fully saturated rings. The van der Waals surface area contributed by atoms with Crippen molar-refractivity contribution in [2.24, 2.45) is 0 Å². The van der Waals surface area contributed by atoms with Gasteiger partial charge in [0.25, 0.3) is 0 Å². The summed E-state index contributed by atoms with van der Waals surface area (Å²) in [5, 5.41) is 0. The van der Waals surface area contributed by atoms with Crippen LogP contribution in [0.25, 0.3) is 11.4 Å². The first kappa shape index (κ1) is 15.3. The molecule has 1 spiro atoms. The largest absolute Gasteiger partial charge is 0.376 e. The molecule has 1 aromatic carbocycles. The molecule has 2 aliphatic rings. The molecule has 5 heteroatoms. The van der Waals surface area contributed by atoms with Gasteiger partial charge in [-0.15, -0.1) is 0 Å². The molecule has 0 N–H and O–H groups in total. The molecule has 0 bridgehead atoms. The van der Waals surface area contributed by atoms with Crippen molar-refractivity contribution in [3.63, 3.8) is 0 Å². The van der Waals surface area contributed by atoms with Crippen molar-refractivity contribution in [1.29, 1.82) is 0 Å². The molecule has 1 saturated heterocycles. The zero-order chi connectivity index (χ0) is 16.6. The summed E-state index contributed by atoms with van der Waals surface area (Å²) in [7, 11) is 0. The number of benzene rings is 1. The summed E-state index contributed by atoms with van der Waals surface area (Å²) >= 11 is 0. The summed E-state index contributed by atoms with van der Waals surface area (Å²) in [5.41, 5.74) is 2.94. The Bertz CT molecular complexity index is 762. The van der Waals surface area contributed by atoms with Crippen molar-refractivity contribution in [3.05, 3.63) is 47.8 Å². The molecule has 2 aromatic rings. The molecule has 0 radical (unpaired) electrons. The third-order valence-corrected chi connectivity index (χ3v) is 5.04. The van der Waals surface area contributed by atoms with Crippen molar-refractivity contribution in [1.82, 2.24) is 14.9 Å². The van der Waals surface area contributed by atoms with Crippen LogP contribution >= 0.6 is 0 Å². The van der Waals surface area contributed by atoms with E-state index in [1.165, 1.54) is 0 Å². The van der Waals surface area contributed by atoms with E-state index in [0.29, 0.717) is 26.2 Å². The van der Waals surface area contributed by atoms with Gasteiger partial charge < -0.3 is 9.64 Å². The van der Waals surface area contributed by atoms with Gasteiger partial charge in [0.1, 0.15) is 0 Å². The minimum Gasteiger partial charge on any atom is -0.376 e. The third kappa shape index (κ3) is 2.49. The Labute approximate surface area is 141 Å². The van der Waals surface area contributed by atoms with Crippen LogP contribution in [0.2, 0.25) is 0 Å². The highest BCUT2D eigenvalue weighted by atomic mass is 16.5. The van der Waals surface area contributed by atoms with E-state index in [1.54, 1.807) is 0 Å². The van der Waals surface area contributed by atoms with Gasteiger partial charge in [0.2, 0.25) is 5.91 Å². The zero-order valence-corrected chi connectivity index (χ0v) is 13.9. The lowest BCUT2D eigenvalue weighted by Gasteiger charge is -2.34. The number of rotatable bonds is 2. The van der Waals surface area contributed by atoms with Gasteiger partial charge in [0.15, 0.2) is 5.82 Å². The summed E-state index contributed by atoms with van der Waals surface area (Å²) in [6, 6.07) is 10.0. The number of likely N-dealkylation sites (tertiary alicyclic amines) is 1. The van der Waals surface area contributed by atoms with Crippen molar-refractivity contribution < 1.29 is 9.53 Å². The summed E-state index contributed by atoms with van der Waals surface area (Å²) in [6.07, 6.45) is 3.33. The second-order valence-corrected chi connectivity index (χ2v) is 6.63. The van der Waals surface area contributed by atoms with Crippen LogP contribution in [0, 0.1) is 0 Å². The second kappa shape index (κ2) is 5.98. The topological polar surface area (TPSA) is 55.3 Å². The average Bonchev–Trinajstić information content (AvgIpc) is 3.07. The van der Waals surface area contributed by atoms with Gasteiger partial charge in [-0.25, -0.2) is 9.97 Å². The first-order valence-electron chi connectivity index (χ1n) is 8.49. The summed E-state index contributed by atoms with van der Waals surface area (Å²) in [4.78, 5) is 23.5. The van der Waals surface area contributed by atoms with Crippen molar-refractivity contribution >= 4 is 5.91 Å². The van der Waals surface area contributed by atoms with Crippen LogP contribution in [0.3, 0.4) is 0 Å². The lowest BCUT2D eigenvalue weighted by atomic mass is 9.80. The number of carbonyl (C=O) groups excluding carboxylic acids is 1. The molecule has 3 heterocycles. The number of amides is 1. The van der Waals surface area contributed by atoms with Crippen LogP contribution < -0.4 is 0 Å². The number of carbonyl (C=O) groups is 1. The molecular formula is C19H21N3O2. The first-order chi connectivity index (χ1) is 11.7. The van der Waals surface area contributed by atoms with Crippen LogP contribution in [-0.2, 0) is 21.6 Å². The van der Waals surface area contributed by atoms with E-state index in [0.717, 1.165) is 35.6 Å². The fourth-order valence-corrected chi connectivity index (χ4v) is 3.74. The van der Waals surface area contributed by atoms with Crippen LogP contribution in [0.4, 0.5) is 0 Å². The number of fused-ring (bicyclic) bond motifs is 2. The lowest BCUT2D eigenvalue weighted by molar-refractivity contribution is -0.130. The Balaban J connectivity index is 1.73. The van der Waals surface area contributed by atoms with Crippen LogP contribution in [0.15, 0.2) is 36.5 Å². The van der Waals surface area contributed by atoms with E-state index in [1.807, 2.05) is 48.4 Å². The molecule has 0 unspecified atom stereocenters. The van der Waals surface area contributed by atoms with Gasteiger partial charge >= 0.3 is 0 Å². The van der Waals surface area contributed by atoms with E-state index < -0.39 is 0 Å². The van der Waals surface area contributed by atoms with Gasteiger partial charge in [-0.1, -0.05) is 37.3 Å². The highest BCUT2D eigenvalue weighted by Crippen LogP contribution is 2.39. The van der Waals surface area contributed by atoms with Crippen LogP contribution in [-0.4, -0.2) is 40.5 Å². The molecule has 1 amide bonds. The predicted octanol–water partition coefficient (Wildman–Crippen LogP) is 2.55. The maximum atomic E-state index is 12.1. The average molecular weight is 323 g/mol. The van der Waals surface area contributed by atoms with E-state index in [-0.39, 0.29) is 11.3 Å². The maximum Gasteiger partial charge on any atom is 0.222 e. The van der Waals surface area contributed by atoms with Crippen molar-refractivity contribution in [2.45, 2.75) is 31.8 Å². The molecule has 24 heavy (non-hydrogen) atoms. The Hall–Kier alpha value is -2.27. The van der Waals surface area contributed by atoms with E-state index >= 15 is 0 Å². The molecule has 0 saturated carbocycles. The standard InChI is InChI=1S/C19H21N3O2/c1-2-16(23)22-9-8-19(12-22)13-24-11-15-10-20-18(21-17(15)19)14-6-4-3-5-7-14/h3-7,10H,2,8-9,11-13H2,1H3/t19-/m0/s1. The highest BCUT2D eigenvalue weighted by Gasteiger charge is 2.45. The summed E-state index contributed by atoms with van der Waals surface area (Å²) in [5.74, 6) is 0.951. The van der Waals surface area contributed by atoms with Crippen LogP contribution in [0.1, 0.15) is 31.0 Å². The second-order valence-electron chi connectivity index (χ2n) is 6.63. The lowest BCUT2D eigenvalue weighted by Crippen LogP contribution is -2.41. The van der Waals surface area contributed by atoms with E-state index in [2.05, 4.69) is 4.98 Å². The Morgan fingerprint density at radius 1 is 1.33 bits per heavy atom. The van der Waals surface area contributed by atoms with Crippen molar-refractivity contribution in [2.75, 3.05) is 19.7 Å². The number of nitrogens with zero attached hydrogens (tertiary/aromatic N) is 3. The zero-order valence-electron chi connectivity index (χ0n) is 13.9. The SMILES string of the molecule is CCC(=O)N1CC[C@@]2(COCc3cnc(-c4ccccc4)nc32)C1. The van der Waals surface area contributed by atoms with E-state index in [4.69, 9.17) is 9.72 Å². The Morgan fingerprint density at radius 2 is 2.17 bits per heavy atom. The Morgan fingerprint density at radius 3 is 2.96 bits per heavy atom. The molecule has 1 aromatic heterocycles. The first-order valence-corrected chi connectivity index (χ1v) is 8.49. The molecule has 4 rings (SSSR count). The fraction of sp³-hybridized carbons (Fsp3) is 0.421. The number of hydrogen-bond acceptors (Lipinski definition) is 4. The number of aromatic nitrogens is 2. The quantitative estimate of drug-likeness (QED) is 0.852. The number of hydrogen-bond donors (Lipinski definition) is 0. The van der Waals surface area contributed by atoms with E-state index in [9.17, 15) is 4.79 Å². The molecular weight excluding hydrogens is 302 g/mol. The van der Waals surface area contributed by atoms with Gasteiger partial charge in [-0.3, -0.25) is 4.79 Å². The molecule has 5 nitrogen and oxygen atoms in total. The minimum atomic E-state index is -0.190. The molecule has 2 aliphatic heterocycles.